The number of nitrogens with zero attached hydrogens (tertiary/aromatic N) is 2. The van der Waals surface area contributed by atoms with Crippen LogP contribution in [0.15, 0.2) is 47.6 Å². The summed E-state index contributed by atoms with van der Waals surface area (Å²) in [7, 11) is 0. The maximum absolute atomic E-state index is 12.2. The van der Waals surface area contributed by atoms with Gasteiger partial charge >= 0.3 is 0 Å². The van der Waals surface area contributed by atoms with E-state index in [-0.39, 0.29) is 5.91 Å². The maximum Gasteiger partial charge on any atom is 0.271 e. The number of morpholine rings is 1. The van der Waals surface area contributed by atoms with Crippen LogP contribution in [0.25, 0.3) is 0 Å². The molecule has 5 nitrogen and oxygen atoms in total. The molecule has 1 amide bonds. The highest BCUT2D eigenvalue weighted by Gasteiger charge is 2.11. The molecule has 1 heterocycles. The molecule has 7 heteroatoms. The van der Waals surface area contributed by atoms with E-state index >= 15 is 0 Å². The van der Waals surface area contributed by atoms with E-state index in [1.165, 1.54) is 11.8 Å². The Bertz CT molecular complexity index is 788. The van der Waals surface area contributed by atoms with Gasteiger partial charge in [-0.25, -0.2) is 5.43 Å². The molecule has 1 N–H and O–H groups in total. The normalized spacial score (nSPS) is 15.3. The molecule has 0 atom stereocenters. The number of ether oxygens (including phenoxy) is 1. The molecule has 0 radical (unpaired) electrons. The average Bonchev–Trinajstić information content (AvgIpc) is 2.65. The van der Waals surface area contributed by atoms with Crippen molar-refractivity contribution in [3.05, 3.63) is 69.2 Å². The zero-order valence-electron chi connectivity index (χ0n) is 14.1. The van der Waals surface area contributed by atoms with Gasteiger partial charge in [-0.2, -0.15) is 5.10 Å². The Hall–Kier alpha value is -1.92. The Balaban J connectivity index is 1.55. The first-order valence-electron chi connectivity index (χ1n) is 8.29. The van der Waals surface area contributed by atoms with Crippen LogP contribution >= 0.6 is 23.2 Å². The molecule has 2 aromatic rings. The van der Waals surface area contributed by atoms with Crippen LogP contribution in [-0.4, -0.2) is 43.3 Å². The molecule has 0 spiro atoms. The molecule has 1 aliphatic heterocycles. The van der Waals surface area contributed by atoms with E-state index in [2.05, 4.69) is 15.4 Å². The van der Waals surface area contributed by atoms with Gasteiger partial charge in [-0.3, -0.25) is 9.69 Å². The van der Waals surface area contributed by atoms with Gasteiger partial charge in [-0.05, 0) is 29.8 Å². The molecule has 136 valence electrons. The first kappa shape index (κ1) is 18.9. The van der Waals surface area contributed by atoms with E-state index in [0.29, 0.717) is 21.2 Å². The third-order valence-electron chi connectivity index (χ3n) is 4.06. The molecule has 0 aromatic heterocycles. The highest BCUT2D eigenvalue weighted by atomic mass is 35.5. The second-order valence-electron chi connectivity index (χ2n) is 5.95. The van der Waals surface area contributed by atoms with E-state index in [1.54, 1.807) is 30.3 Å². The van der Waals surface area contributed by atoms with Crippen LogP contribution in [0, 0.1) is 0 Å². The zero-order chi connectivity index (χ0) is 18.4. The quantitative estimate of drug-likeness (QED) is 0.625. The van der Waals surface area contributed by atoms with Gasteiger partial charge in [0, 0.05) is 35.8 Å². The van der Waals surface area contributed by atoms with Gasteiger partial charge in [-0.15, -0.1) is 0 Å². The number of hydrazone groups is 1. The standard InChI is InChI=1S/C19H19Cl2N3O2/c20-17-6-5-16(18(21)11-17)12-22-23-19(25)15-3-1-14(2-4-15)13-24-7-9-26-10-8-24/h1-6,11-12H,7-10,13H2,(H,23,25)/b22-12-. The summed E-state index contributed by atoms with van der Waals surface area (Å²) in [4.78, 5) is 14.5. The smallest absolute Gasteiger partial charge is 0.271 e. The lowest BCUT2D eigenvalue weighted by Crippen LogP contribution is -2.35. The predicted molar refractivity (Wildman–Crippen MR) is 104 cm³/mol. The minimum absolute atomic E-state index is 0.274. The molecule has 0 saturated carbocycles. The summed E-state index contributed by atoms with van der Waals surface area (Å²) in [5.41, 5.74) is 4.90. The number of halogens is 2. The van der Waals surface area contributed by atoms with E-state index in [1.807, 2.05) is 12.1 Å². The van der Waals surface area contributed by atoms with Crippen molar-refractivity contribution < 1.29 is 9.53 Å². The number of rotatable bonds is 5. The van der Waals surface area contributed by atoms with Gasteiger partial charge in [0.15, 0.2) is 0 Å². The predicted octanol–water partition coefficient (Wildman–Crippen LogP) is 3.59. The first-order valence-corrected chi connectivity index (χ1v) is 9.05. The Morgan fingerprint density at radius 3 is 2.58 bits per heavy atom. The van der Waals surface area contributed by atoms with Crippen molar-refractivity contribution in [1.29, 1.82) is 0 Å². The van der Waals surface area contributed by atoms with E-state index in [0.717, 1.165) is 32.8 Å². The third-order valence-corrected chi connectivity index (χ3v) is 4.62. The monoisotopic (exact) mass is 391 g/mol. The lowest BCUT2D eigenvalue weighted by molar-refractivity contribution is 0.0342. The number of nitrogens with one attached hydrogen (secondary N) is 1. The van der Waals surface area contributed by atoms with E-state index < -0.39 is 0 Å². The van der Waals surface area contributed by atoms with Crippen molar-refractivity contribution in [2.24, 2.45) is 5.10 Å². The molecular formula is C19H19Cl2N3O2. The summed E-state index contributed by atoms with van der Waals surface area (Å²) in [6, 6.07) is 12.6. The lowest BCUT2D eigenvalue weighted by Gasteiger charge is -2.26. The second kappa shape index (κ2) is 9.14. The zero-order valence-corrected chi connectivity index (χ0v) is 15.6. The Labute approximate surface area is 162 Å². The van der Waals surface area contributed by atoms with Crippen molar-refractivity contribution in [2.45, 2.75) is 6.54 Å². The van der Waals surface area contributed by atoms with Gasteiger partial charge < -0.3 is 4.74 Å². The summed E-state index contributed by atoms with van der Waals surface area (Å²) < 4.78 is 5.35. The van der Waals surface area contributed by atoms with Gasteiger partial charge in [0.1, 0.15) is 0 Å². The lowest BCUT2D eigenvalue weighted by atomic mass is 10.1. The van der Waals surface area contributed by atoms with Gasteiger partial charge in [0.05, 0.1) is 24.5 Å². The molecule has 0 aliphatic carbocycles. The fourth-order valence-electron chi connectivity index (χ4n) is 2.61. The van der Waals surface area contributed by atoms with Crippen LogP contribution in [0.3, 0.4) is 0 Å². The number of amides is 1. The molecule has 1 aliphatic rings. The molecule has 1 fully saturated rings. The molecule has 3 rings (SSSR count). The summed E-state index contributed by atoms with van der Waals surface area (Å²) in [6.45, 7) is 4.28. The maximum atomic E-state index is 12.2. The summed E-state index contributed by atoms with van der Waals surface area (Å²) in [5, 5.41) is 4.97. The van der Waals surface area contributed by atoms with Crippen LogP contribution in [0.1, 0.15) is 21.5 Å². The number of benzene rings is 2. The molecule has 1 saturated heterocycles. The second-order valence-corrected chi connectivity index (χ2v) is 6.79. The average molecular weight is 392 g/mol. The molecule has 26 heavy (non-hydrogen) atoms. The Morgan fingerprint density at radius 2 is 1.88 bits per heavy atom. The van der Waals surface area contributed by atoms with Crippen molar-refractivity contribution >= 4 is 35.3 Å². The van der Waals surface area contributed by atoms with Crippen LogP contribution < -0.4 is 5.43 Å². The fourth-order valence-corrected chi connectivity index (χ4v) is 3.07. The Kier molecular flexibility index (Phi) is 6.63. The van der Waals surface area contributed by atoms with Crippen LogP contribution in [0.5, 0.6) is 0 Å². The number of carbonyl (C=O) groups is 1. The first-order chi connectivity index (χ1) is 12.6. The van der Waals surface area contributed by atoms with Crippen LogP contribution in [0.4, 0.5) is 0 Å². The van der Waals surface area contributed by atoms with Crippen LogP contribution in [-0.2, 0) is 11.3 Å². The largest absolute Gasteiger partial charge is 0.379 e. The van der Waals surface area contributed by atoms with E-state index in [9.17, 15) is 4.79 Å². The minimum atomic E-state index is -0.274. The number of carbonyl (C=O) groups excluding carboxylic acids is 1. The third kappa shape index (κ3) is 5.29. The number of hydrogen-bond acceptors (Lipinski definition) is 4. The van der Waals surface area contributed by atoms with Gasteiger partial charge in [0.2, 0.25) is 0 Å². The fraction of sp³-hybridized carbons (Fsp3) is 0.263. The number of hydrogen-bond donors (Lipinski definition) is 1. The summed E-state index contributed by atoms with van der Waals surface area (Å²) in [6.07, 6.45) is 1.49. The summed E-state index contributed by atoms with van der Waals surface area (Å²) in [5.74, 6) is -0.274. The highest BCUT2D eigenvalue weighted by Crippen LogP contribution is 2.19. The Morgan fingerprint density at radius 1 is 1.15 bits per heavy atom. The molecule has 0 bridgehead atoms. The van der Waals surface area contributed by atoms with Gasteiger partial charge in [0.25, 0.3) is 5.91 Å². The molecule has 2 aromatic carbocycles. The highest BCUT2D eigenvalue weighted by molar-refractivity contribution is 6.36. The SMILES string of the molecule is O=C(N/N=C\c1ccc(Cl)cc1Cl)c1ccc(CN2CCOCC2)cc1. The van der Waals surface area contributed by atoms with Crippen LogP contribution in [0.2, 0.25) is 10.0 Å². The topological polar surface area (TPSA) is 53.9 Å². The van der Waals surface area contributed by atoms with Crippen molar-refractivity contribution in [3.8, 4) is 0 Å². The minimum Gasteiger partial charge on any atom is -0.379 e. The van der Waals surface area contributed by atoms with Crippen molar-refractivity contribution in [2.75, 3.05) is 26.3 Å². The van der Waals surface area contributed by atoms with Gasteiger partial charge in [-0.1, -0.05) is 41.4 Å². The molecular weight excluding hydrogens is 373 g/mol. The molecule has 0 unspecified atom stereocenters. The summed E-state index contributed by atoms with van der Waals surface area (Å²) >= 11 is 11.9. The van der Waals surface area contributed by atoms with Crippen molar-refractivity contribution in [1.82, 2.24) is 10.3 Å². The van der Waals surface area contributed by atoms with E-state index in [4.69, 9.17) is 27.9 Å². The van der Waals surface area contributed by atoms with Crippen molar-refractivity contribution in [3.63, 3.8) is 0 Å².